The van der Waals surface area contributed by atoms with E-state index in [4.69, 9.17) is 0 Å². The van der Waals surface area contributed by atoms with E-state index in [1.54, 1.807) is 30.0 Å². The molecule has 1 aliphatic heterocycles. The summed E-state index contributed by atoms with van der Waals surface area (Å²) in [6, 6.07) is 7.36. The average Bonchev–Trinajstić information content (AvgIpc) is 3.43. The lowest BCUT2D eigenvalue weighted by molar-refractivity contribution is 0.0941. The van der Waals surface area contributed by atoms with Gasteiger partial charge in [0.2, 0.25) is 11.7 Å². The zero-order chi connectivity index (χ0) is 27.4. The van der Waals surface area contributed by atoms with Gasteiger partial charge in [-0.3, -0.25) is 23.7 Å². The number of rotatable bonds is 7. The topological polar surface area (TPSA) is 92.5 Å². The second kappa shape index (κ2) is 11.3. The summed E-state index contributed by atoms with van der Waals surface area (Å²) >= 11 is 0. The van der Waals surface area contributed by atoms with Crippen molar-refractivity contribution in [3.63, 3.8) is 0 Å². The Morgan fingerprint density at radius 1 is 1.16 bits per heavy atom. The molecule has 0 amide bonds. The van der Waals surface area contributed by atoms with Gasteiger partial charge < -0.3 is 9.88 Å². The van der Waals surface area contributed by atoms with Gasteiger partial charge in [-0.2, -0.15) is 0 Å². The molecule has 0 atom stereocenters. The molecule has 4 rings (SSSR count). The van der Waals surface area contributed by atoms with Crippen molar-refractivity contribution < 1.29 is 9.59 Å². The van der Waals surface area contributed by atoms with E-state index in [2.05, 4.69) is 28.0 Å². The number of hydrogen-bond acceptors (Lipinski definition) is 5. The molecule has 1 N–H and O–H groups in total. The zero-order valence-corrected chi connectivity index (χ0v) is 22.1. The fraction of sp³-hybridized carbons (Fsp3) is 0.267. The zero-order valence-electron chi connectivity index (χ0n) is 22.1. The Morgan fingerprint density at radius 3 is 2.53 bits per heavy atom. The van der Waals surface area contributed by atoms with Crippen molar-refractivity contribution in [2.75, 3.05) is 13.1 Å². The summed E-state index contributed by atoms with van der Waals surface area (Å²) in [5.41, 5.74) is 1.86. The molecule has 1 saturated heterocycles. The molecule has 196 valence electrons. The number of para-hydroxylation sites is 1. The number of fused-ring (bicyclic) bond motifs is 1. The number of nitrogens with zero attached hydrogens (tertiary/aromatic N) is 4. The Hall–Kier alpha value is -4.46. The lowest BCUT2D eigenvalue weighted by atomic mass is 10.0. The van der Waals surface area contributed by atoms with Crippen LogP contribution in [0.1, 0.15) is 54.8 Å². The second-order valence-corrected chi connectivity index (χ2v) is 9.26. The molecule has 1 aliphatic rings. The van der Waals surface area contributed by atoms with Crippen LogP contribution >= 0.6 is 0 Å². The largest absolute Gasteiger partial charge is 0.372 e. The molecule has 0 radical (unpaired) electrons. The third-order valence-corrected chi connectivity index (χ3v) is 6.83. The highest BCUT2D eigenvalue weighted by atomic mass is 16.2. The maximum atomic E-state index is 13.6. The molecule has 2 aromatic heterocycles. The fourth-order valence-electron chi connectivity index (χ4n) is 4.96. The van der Waals surface area contributed by atoms with Gasteiger partial charge in [0.15, 0.2) is 0 Å². The number of benzene rings is 1. The number of carbonyl (C=O) groups excluding carboxylic acids is 2. The number of aromatic amines is 1. The molecular formula is C30H33N5O3. The normalized spacial score (nSPS) is 15.8. The van der Waals surface area contributed by atoms with E-state index in [9.17, 15) is 14.4 Å². The van der Waals surface area contributed by atoms with Gasteiger partial charge in [-0.25, -0.2) is 4.79 Å². The predicted molar refractivity (Wildman–Crippen MR) is 153 cm³/mol. The quantitative estimate of drug-likeness (QED) is 0.227. The number of Topliss-reactive ketones (excluding diaryl/α,β-unsaturated/α-hetero) is 1. The molecule has 0 unspecified atom stereocenters. The van der Waals surface area contributed by atoms with Crippen LogP contribution in [-0.4, -0.2) is 50.0 Å². The van der Waals surface area contributed by atoms with E-state index >= 15 is 0 Å². The van der Waals surface area contributed by atoms with E-state index in [1.165, 1.54) is 11.5 Å². The van der Waals surface area contributed by atoms with Gasteiger partial charge in [-0.1, -0.05) is 43.5 Å². The van der Waals surface area contributed by atoms with Gasteiger partial charge in [0.1, 0.15) is 5.70 Å². The minimum atomic E-state index is -0.277. The Morgan fingerprint density at radius 2 is 1.87 bits per heavy atom. The van der Waals surface area contributed by atoms with Crippen LogP contribution in [0.3, 0.4) is 0 Å². The molecule has 1 aromatic carbocycles. The number of ketones is 1. The lowest BCUT2D eigenvalue weighted by Crippen LogP contribution is -2.41. The van der Waals surface area contributed by atoms with E-state index in [-0.39, 0.29) is 29.1 Å². The lowest BCUT2D eigenvalue weighted by Gasteiger charge is -2.34. The smallest absolute Gasteiger partial charge is 0.326 e. The Labute approximate surface area is 221 Å². The maximum absolute atomic E-state index is 13.6. The molecule has 8 nitrogen and oxygen atoms in total. The van der Waals surface area contributed by atoms with Crippen LogP contribution in [0.5, 0.6) is 0 Å². The van der Waals surface area contributed by atoms with Crippen LogP contribution in [0.4, 0.5) is 0 Å². The van der Waals surface area contributed by atoms with Gasteiger partial charge in [-0.05, 0) is 44.9 Å². The number of hydrogen-bond donors (Lipinski definition) is 1. The number of allylic oxidation sites excluding steroid dienone is 4. The molecule has 1 fully saturated rings. The standard InChI is InChI=1S/C30H33N5O3/c1-6-8-12-27-21(4)32-30(38)35(27)23-14-16-33(17-15-23)20(3)18-26(31-7-2)29(37)25-19-34(22(5)36)28-13-10-9-11-24(25)28/h6-13,18-19,23H,3-4,14-17H2,1-2,5H3,(H,32,38)/b8-6-,26-18-,27-12+,31-7-. The summed E-state index contributed by atoms with van der Waals surface area (Å²) in [5, 5.41) is 2.10. The molecule has 3 aromatic rings. The number of aliphatic imine (C=N–C) groups is 1. The maximum Gasteiger partial charge on any atom is 0.326 e. The van der Waals surface area contributed by atoms with Gasteiger partial charge in [0, 0.05) is 49.5 Å². The molecule has 38 heavy (non-hydrogen) atoms. The van der Waals surface area contributed by atoms with Crippen molar-refractivity contribution in [2.24, 2.45) is 4.99 Å². The molecule has 0 bridgehead atoms. The number of aromatic nitrogens is 3. The Kier molecular flexibility index (Phi) is 7.90. The number of piperidine rings is 1. The van der Waals surface area contributed by atoms with Crippen LogP contribution < -0.4 is 16.4 Å². The van der Waals surface area contributed by atoms with Crippen LogP contribution in [0.2, 0.25) is 0 Å². The molecule has 0 saturated carbocycles. The van der Waals surface area contributed by atoms with Gasteiger partial charge in [-0.15, -0.1) is 0 Å². The minimum absolute atomic E-state index is 0.0336. The molecule has 8 heteroatoms. The first-order valence-electron chi connectivity index (χ1n) is 12.7. The van der Waals surface area contributed by atoms with Crippen LogP contribution in [0, 0.1) is 0 Å². The third-order valence-electron chi connectivity index (χ3n) is 6.83. The minimum Gasteiger partial charge on any atom is -0.372 e. The van der Waals surface area contributed by atoms with E-state index in [1.807, 2.05) is 49.4 Å². The van der Waals surface area contributed by atoms with Crippen molar-refractivity contribution in [1.82, 2.24) is 19.0 Å². The van der Waals surface area contributed by atoms with Gasteiger partial charge >= 0.3 is 5.69 Å². The van der Waals surface area contributed by atoms with Crippen molar-refractivity contribution in [2.45, 2.75) is 39.7 Å². The van der Waals surface area contributed by atoms with Crippen molar-refractivity contribution in [1.29, 1.82) is 0 Å². The number of carbonyl (C=O) groups is 2. The SMILES string of the molecule is C=C(/C=C(\N=C/C)C(=O)c1cn(C(C)=O)c2ccccc12)N1CCC(n2c(=O)[nH]c(=C)/c2=C\C=C/C)CC1. The van der Waals surface area contributed by atoms with Crippen LogP contribution in [0.15, 0.2) is 76.5 Å². The number of nitrogens with one attached hydrogen (secondary N) is 1. The van der Waals surface area contributed by atoms with Crippen molar-refractivity contribution in [3.05, 3.63) is 93.4 Å². The summed E-state index contributed by atoms with van der Waals surface area (Å²) in [5.74, 6) is -0.447. The van der Waals surface area contributed by atoms with Crippen molar-refractivity contribution >= 4 is 41.5 Å². The average molecular weight is 512 g/mol. The molecule has 3 heterocycles. The van der Waals surface area contributed by atoms with E-state index in [0.717, 1.165) is 18.2 Å². The molecule has 0 aliphatic carbocycles. The number of imidazole rings is 1. The first-order chi connectivity index (χ1) is 18.3. The second-order valence-electron chi connectivity index (χ2n) is 9.26. The van der Waals surface area contributed by atoms with Crippen molar-refractivity contribution in [3.8, 4) is 0 Å². The third kappa shape index (κ3) is 5.16. The summed E-state index contributed by atoms with van der Waals surface area (Å²) in [6.45, 7) is 14.7. The first kappa shape index (κ1) is 26.6. The number of likely N-dealkylation sites (tertiary alicyclic amines) is 1. The highest BCUT2D eigenvalue weighted by Gasteiger charge is 2.24. The Balaban J connectivity index is 1.57. The molecule has 0 spiro atoms. The predicted octanol–water partition coefficient (Wildman–Crippen LogP) is 3.57. The van der Waals surface area contributed by atoms with Crippen LogP contribution in [0.25, 0.3) is 23.6 Å². The van der Waals surface area contributed by atoms with Gasteiger partial charge in [0.05, 0.1) is 21.8 Å². The van der Waals surface area contributed by atoms with E-state index < -0.39 is 0 Å². The number of H-pyrrole nitrogens is 1. The summed E-state index contributed by atoms with van der Waals surface area (Å²) in [6.07, 6.45) is 12.1. The monoisotopic (exact) mass is 511 g/mol. The summed E-state index contributed by atoms with van der Waals surface area (Å²) in [7, 11) is 0. The highest BCUT2D eigenvalue weighted by Crippen LogP contribution is 2.26. The summed E-state index contributed by atoms with van der Waals surface area (Å²) in [4.78, 5) is 47.6. The first-order valence-corrected chi connectivity index (χ1v) is 12.7. The van der Waals surface area contributed by atoms with Crippen LogP contribution in [-0.2, 0) is 0 Å². The highest BCUT2D eigenvalue weighted by molar-refractivity contribution is 6.17. The Bertz CT molecular complexity index is 1650. The fourth-order valence-corrected chi connectivity index (χ4v) is 4.96. The van der Waals surface area contributed by atoms with E-state index in [0.29, 0.717) is 40.6 Å². The molecular weight excluding hydrogens is 478 g/mol. The summed E-state index contributed by atoms with van der Waals surface area (Å²) < 4.78 is 3.27. The van der Waals surface area contributed by atoms with Gasteiger partial charge in [0.25, 0.3) is 0 Å².